The standard InChI is InChI=1S/C12H19N3/c1-9-3-4-11(5-10(9)2)15-12-6-13-8-14-7-12/h6-11,15H,3-5H2,1-2H3. The van der Waals surface area contributed by atoms with E-state index in [-0.39, 0.29) is 0 Å². The molecular weight excluding hydrogens is 186 g/mol. The molecule has 1 N–H and O–H groups in total. The number of rotatable bonds is 2. The predicted molar refractivity (Wildman–Crippen MR) is 61.6 cm³/mol. The topological polar surface area (TPSA) is 37.8 Å². The van der Waals surface area contributed by atoms with Crippen molar-refractivity contribution in [3.05, 3.63) is 18.7 Å². The third-order valence-electron chi connectivity index (χ3n) is 3.53. The summed E-state index contributed by atoms with van der Waals surface area (Å²) in [4.78, 5) is 8.02. The van der Waals surface area contributed by atoms with E-state index in [4.69, 9.17) is 0 Å². The van der Waals surface area contributed by atoms with Crippen molar-refractivity contribution in [1.29, 1.82) is 0 Å². The van der Waals surface area contributed by atoms with Gasteiger partial charge in [-0.1, -0.05) is 13.8 Å². The number of nitrogens with one attached hydrogen (secondary N) is 1. The summed E-state index contributed by atoms with van der Waals surface area (Å²) in [5, 5.41) is 3.51. The van der Waals surface area contributed by atoms with Crippen LogP contribution in [0.4, 0.5) is 5.69 Å². The summed E-state index contributed by atoms with van der Waals surface area (Å²) in [6, 6.07) is 0.599. The van der Waals surface area contributed by atoms with Crippen molar-refractivity contribution in [2.24, 2.45) is 11.8 Å². The molecule has 1 aromatic heterocycles. The Balaban J connectivity index is 1.91. The fourth-order valence-electron chi connectivity index (χ4n) is 2.29. The van der Waals surface area contributed by atoms with Crippen LogP contribution in [-0.4, -0.2) is 16.0 Å². The maximum atomic E-state index is 4.01. The van der Waals surface area contributed by atoms with Crippen LogP contribution >= 0.6 is 0 Å². The highest BCUT2D eigenvalue weighted by Crippen LogP contribution is 2.30. The SMILES string of the molecule is CC1CCC(Nc2cncnc2)CC1C. The lowest BCUT2D eigenvalue weighted by Gasteiger charge is -2.32. The minimum atomic E-state index is 0.599. The van der Waals surface area contributed by atoms with E-state index >= 15 is 0 Å². The predicted octanol–water partition coefficient (Wildman–Crippen LogP) is 2.71. The van der Waals surface area contributed by atoms with Crippen LogP contribution in [-0.2, 0) is 0 Å². The number of nitrogens with zero attached hydrogens (tertiary/aromatic N) is 2. The first kappa shape index (κ1) is 10.4. The van der Waals surface area contributed by atoms with Gasteiger partial charge < -0.3 is 5.32 Å². The molecule has 1 heterocycles. The Morgan fingerprint density at radius 2 is 1.87 bits per heavy atom. The van der Waals surface area contributed by atoms with Crippen molar-refractivity contribution in [3.63, 3.8) is 0 Å². The Morgan fingerprint density at radius 1 is 1.13 bits per heavy atom. The van der Waals surface area contributed by atoms with Gasteiger partial charge in [0.2, 0.25) is 0 Å². The fourth-order valence-corrected chi connectivity index (χ4v) is 2.29. The zero-order chi connectivity index (χ0) is 10.7. The van der Waals surface area contributed by atoms with Gasteiger partial charge in [0.15, 0.2) is 0 Å². The fraction of sp³-hybridized carbons (Fsp3) is 0.667. The van der Waals surface area contributed by atoms with Crippen LogP contribution in [0.3, 0.4) is 0 Å². The Morgan fingerprint density at radius 3 is 2.53 bits per heavy atom. The van der Waals surface area contributed by atoms with E-state index in [2.05, 4.69) is 29.1 Å². The van der Waals surface area contributed by atoms with E-state index in [0.29, 0.717) is 6.04 Å². The van der Waals surface area contributed by atoms with Crippen LogP contribution < -0.4 is 5.32 Å². The first-order chi connectivity index (χ1) is 7.25. The molecule has 3 unspecified atom stereocenters. The van der Waals surface area contributed by atoms with Crippen molar-refractivity contribution < 1.29 is 0 Å². The van der Waals surface area contributed by atoms with Crippen LogP contribution in [0.25, 0.3) is 0 Å². The van der Waals surface area contributed by atoms with Crippen molar-refractivity contribution in [2.45, 2.75) is 39.2 Å². The molecule has 1 saturated carbocycles. The highest BCUT2D eigenvalue weighted by Gasteiger charge is 2.24. The monoisotopic (exact) mass is 205 g/mol. The Kier molecular flexibility index (Phi) is 3.19. The van der Waals surface area contributed by atoms with E-state index in [9.17, 15) is 0 Å². The maximum Gasteiger partial charge on any atom is 0.115 e. The van der Waals surface area contributed by atoms with Gasteiger partial charge in [-0.05, 0) is 31.1 Å². The molecule has 3 atom stereocenters. The first-order valence-corrected chi connectivity index (χ1v) is 5.77. The molecule has 1 aromatic rings. The van der Waals surface area contributed by atoms with Gasteiger partial charge in [-0.15, -0.1) is 0 Å². The molecule has 0 spiro atoms. The zero-order valence-electron chi connectivity index (χ0n) is 9.48. The van der Waals surface area contributed by atoms with Crippen LogP contribution in [0.1, 0.15) is 33.1 Å². The lowest BCUT2D eigenvalue weighted by atomic mass is 9.79. The lowest BCUT2D eigenvalue weighted by molar-refractivity contribution is 0.261. The minimum Gasteiger partial charge on any atom is -0.380 e. The smallest absolute Gasteiger partial charge is 0.115 e. The molecule has 15 heavy (non-hydrogen) atoms. The van der Waals surface area contributed by atoms with Crippen LogP contribution in [0, 0.1) is 11.8 Å². The molecule has 0 aromatic carbocycles. The Hall–Kier alpha value is -1.12. The summed E-state index contributed by atoms with van der Waals surface area (Å²) in [5.41, 5.74) is 1.05. The number of hydrogen-bond acceptors (Lipinski definition) is 3. The lowest BCUT2D eigenvalue weighted by Crippen LogP contribution is -2.30. The van der Waals surface area contributed by atoms with E-state index in [0.717, 1.165) is 17.5 Å². The van der Waals surface area contributed by atoms with Gasteiger partial charge in [-0.3, -0.25) is 0 Å². The molecule has 1 aliphatic carbocycles. The first-order valence-electron chi connectivity index (χ1n) is 5.77. The molecule has 0 bridgehead atoms. The summed E-state index contributed by atoms with van der Waals surface area (Å²) in [6.07, 6.45) is 9.10. The average molecular weight is 205 g/mol. The van der Waals surface area contributed by atoms with Gasteiger partial charge in [-0.25, -0.2) is 9.97 Å². The van der Waals surface area contributed by atoms with E-state index < -0.39 is 0 Å². The average Bonchev–Trinajstić information content (AvgIpc) is 2.25. The maximum absolute atomic E-state index is 4.01. The molecule has 2 rings (SSSR count). The molecule has 0 amide bonds. The van der Waals surface area contributed by atoms with Crippen LogP contribution in [0.2, 0.25) is 0 Å². The van der Waals surface area contributed by atoms with Crippen LogP contribution in [0.5, 0.6) is 0 Å². The molecule has 3 nitrogen and oxygen atoms in total. The van der Waals surface area contributed by atoms with E-state index in [1.54, 1.807) is 6.33 Å². The van der Waals surface area contributed by atoms with Gasteiger partial charge in [0.1, 0.15) is 6.33 Å². The number of hydrogen-bond donors (Lipinski definition) is 1. The zero-order valence-corrected chi connectivity index (χ0v) is 9.48. The molecule has 82 valence electrons. The van der Waals surface area contributed by atoms with Gasteiger partial charge in [0.05, 0.1) is 18.1 Å². The summed E-state index contributed by atoms with van der Waals surface area (Å²) >= 11 is 0. The minimum absolute atomic E-state index is 0.599. The summed E-state index contributed by atoms with van der Waals surface area (Å²) in [7, 11) is 0. The van der Waals surface area contributed by atoms with Gasteiger partial charge >= 0.3 is 0 Å². The van der Waals surface area contributed by atoms with Gasteiger partial charge in [0, 0.05) is 6.04 Å². The normalized spacial score (nSPS) is 31.2. The van der Waals surface area contributed by atoms with Crippen molar-refractivity contribution >= 4 is 5.69 Å². The van der Waals surface area contributed by atoms with Crippen molar-refractivity contribution in [2.75, 3.05) is 5.32 Å². The second kappa shape index (κ2) is 4.60. The second-order valence-corrected chi connectivity index (χ2v) is 4.74. The Labute approximate surface area is 91.3 Å². The van der Waals surface area contributed by atoms with Gasteiger partial charge in [-0.2, -0.15) is 0 Å². The highest BCUT2D eigenvalue weighted by atomic mass is 15.0. The molecular formula is C12H19N3. The third kappa shape index (κ3) is 2.67. The molecule has 3 heteroatoms. The summed E-state index contributed by atoms with van der Waals surface area (Å²) in [5.74, 6) is 1.69. The third-order valence-corrected chi connectivity index (χ3v) is 3.53. The van der Waals surface area contributed by atoms with E-state index in [1.165, 1.54) is 19.3 Å². The Bertz CT molecular complexity index is 299. The summed E-state index contributed by atoms with van der Waals surface area (Å²) < 4.78 is 0. The number of aromatic nitrogens is 2. The summed E-state index contributed by atoms with van der Waals surface area (Å²) in [6.45, 7) is 4.70. The van der Waals surface area contributed by atoms with Crippen molar-refractivity contribution in [3.8, 4) is 0 Å². The molecule has 1 aliphatic rings. The molecule has 0 saturated heterocycles. The number of anilines is 1. The molecule has 1 fully saturated rings. The van der Waals surface area contributed by atoms with Crippen LogP contribution in [0.15, 0.2) is 18.7 Å². The quantitative estimate of drug-likeness (QED) is 0.806. The molecule has 0 radical (unpaired) electrons. The highest BCUT2D eigenvalue weighted by molar-refractivity contribution is 5.38. The second-order valence-electron chi connectivity index (χ2n) is 4.74. The largest absolute Gasteiger partial charge is 0.380 e. The van der Waals surface area contributed by atoms with E-state index in [1.807, 2.05) is 12.4 Å². The molecule has 0 aliphatic heterocycles. The van der Waals surface area contributed by atoms with Gasteiger partial charge in [0.25, 0.3) is 0 Å². The van der Waals surface area contributed by atoms with Crippen molar-refractivity contribution in [1.82, 2.24) is 9.97 Å².